The van der Waals surface area contributed by atoms with Gasteiger partial charge in [0.05, 0.1) is 25.3 Å². The second-order valence-corrected chi connectivity index (χ2v) is 6.98. The van der Waals surface area contributed by atoms with E-state index in [4.69, 9.17) is 4.74 Å². The number of halogens is 2. The molecule has 1 N–H and O–H groups in total. The van der Waals surface area contributed by atoms with Crippen LogP contribution >= 0.6 is 0 Å². The standard InChI is InChI=1S/C19H20F2N4O3/c1-11-9-12-13(20)3-2-4-14(12)25(11)16(26)10-15-22-18(17(21)19(27)23-15)24-5-7-28-8-6-24/h2-4,11H,5-10H2,1H3,(H,22,23,27)/t11-/m0/s1. The Labute approximate surface area is 159 Å². The number of anilines is 2. The highest BCUT2D eigenvalue weighted by Crippen LogP contribution is 2.34. The molecule has 28 heavy (non-hydrogen) atoms. The van der Waals surface area contributed by atoms with Gasteiger partial charge < -0.3 is 19.5 Å². The summed E-state index contributed by atoms with van der Waals surface area (Å²) in [5.41, 5.74) is 0.105. The van der Waals surface area contributed by atoms with Gasteiger partial charge in [-0.15, -0.1) is 0 Å². The number of aromatic amines is 1. The maximum Gasteiger partial charge on any atom is 0.289 e. The monoisotopic (exact) mass is 390 g/mol. The first-order valence-corrected chi connectivity index (χ1v) is 9.16. The Bertz CT molecular complexity index is 972. The fraction of sp³-hybridized carbons (Fsp3) is 0.421. The minimum Gasteiger partial charge on any atom is -0.378 e. The van der Waals surface area contributed by atoms with Gasteiger partial charge >= 0.3 is 0 Å². The minimum atomic E-state index is -0.972. The molecule has 1 aromatic heterocycles. The Balaban J connectivity index is 1.61. The number of hydrogen-bond donors (Lipinski definition) is 1. The predicted molar refractivity (Wildman–Crippen MR) is 98.6 cm³/mol. The van der Waals surface area contributed by atoms with Crippen LogP contribution in [-0.4, -0.2) is 48.2 Å². The molecule has 7 nitrogen and oxygen atoms in total. The van der Waals surface area contributed by atoms with Crippen LogP contribution < -0.4 is 15.4 Å². The second kappa shape index (κ2) is 7.31. The number of benzene rings is 1. The van der Waals surface area contributed by atoms with Crippen LogP contribution in [0.2, 0.25) is 0 Å². The highest BCUT2D eigenvalue weighted by molar-refractivity contribution is 5.97. The van der Waals surface area contributed by atoms with E-state index in [2.05, 4.69) is 9.97 Å². The molecule has 1 fully saturated rings. The first kappa shape index (κ1) is 18.5. The summed E-state index contributed by atoms with van der Waals surface area (Å²) in [6.07, 6.45) is 0.202. The van der Waals surface area contributed by atoms with Crippen LogP contribution in [0.15, 0.2) is 23.0 Å². The summed E-state index contributed by atoms with van der Waals surface area (Å²) in [6.45, 7) is 3.48. The second-order valence-electron chi connectivity index (χ2n) is 6.98. The van der Waals surface area contributed by atoms with E-state index in [0.29, 0.717) is 44.0 Å². The molecular formula is C19H20F2N4O3. The van der Waals surface area contributed by atoms with E-state index < -0.39 is 11.4 Å². The van der Waals surface area contributed by atoms with Gasteiger partial charge in [0.2, 0.25) is 11.7 Å². The maximum atomic E-state index is 14.3. The van der Waals surface area contributed by atoms with E-state index in [1.54, 1.807) is 17.0 Å². The third kappa shape index (κ3) is 3.26. The number of aromatic nitrogens is 2. The molecule has 0 saturated carbocycles. The third-order valence-electron chi connectivity index (χ3n) is 5.09. The van der Waals surface area contributed by atoms with Crippen molar-refractivity contribution in [1.82, 2.24) is 9.97 Å². The van der Waals surface area contributed by atoms with Crippen LogP contribution in [0, 0.1) is 11.6 Å². The van der Waals surface area contributed by atoms with Gasteiger partial charge in [-0.2, -0.15) is 4.39 Å². The lowest BCUT2D eigenvalue weighted by Crippen LogP contribution is -2.40. The molecule has 1 atom stereocenters. The highest BCUT2D eigenvalue weighted by Gasteiger charge is 2.33. The van der Waals surface area contributed by atoms with E-state index in [-0.39, 0.29) is 35.8 Å². The van der Waals surface area contributed by atoms with Gasteiger partial charge in [-0.3, -0.25) is 9.59 Å². The van der Waals surface area contributed by atoms with Crippen molar-refractivity contribution in [3.8, 4) is 0 Å². The zero-order chi connectivity index (χ0) is 19.8. The molecule has 3 heterocycles. The van der Waals surface area contributed by atoms with Gasteiger partial charge in [-0.1, -0.05) is 6.07 Å². The summed E-state index contributed by atoms with van der Waals surface area (Å²) in [5.74, 6) is -1.65. The van der Waals surface area contributed by atoms with E-state index in [1.165, 1.54) is 11.0 Å². The Morgan fingerprint density at radius 1 is 1.32 bits per heavy atom. The molecule has 2 aliphatic rings. The molecule has 1 aromatic carbocycles. The molecule has 0 radical (unpaired) electrons. The van der Waals surface area contributed by atoms with E-state index in [1.807, 2.05) is 6.92 Å². The predicted octanol–water partition coefficient (Wildman–Crippen LogP) is 1.40. The number of rotatable bonds is 3. The van der Waals surface area contributed by atoms with Crippen LogP contribution in [0.25, 0.3) is 0 Å². The average molecular weight is 390 g/mol. The molecule has 1 amide bonds. The van der Waals surface area contributed by atoms with Gasteiger partial charge in [0.15, 0.2) is 5.82 Å². The topological polar surface area (TPSA) is 78.5 Å². The van der Waals surface area contributed by atoms with Gasteiger partial charge in [-0.25, -0.2) is 9.37 Å². The van der Waals surface area contributed by atoms with Gasteiger partial charge in [-0.05, 0) is 25.5 Å². The van der Waals surface area contributed by atoms with Crippen molar-refractivity contribution in [2.75, 3.05) is 36.1 Å². The SMILES string of the molecule is C[C@H]1Cc2c(F)cccc2N1C(=O)Cc1nc(N2CCOCC2)c(F)c(=O)[nH]1. The summed E-state index contributed by atoms with van der Waals surface area (Å²) < 4.78 is 33.6. The largest absolute Gasteiger partial charge is 0.378 e. The molecule has 4 rings (SSSR count). The number of carbonyl (C=O) groups excluding carboxylic acids is 1. The van der Waals surface area contributed by atoms with E-state index >= 15 is 0 Å². The highest BCUT2D eigenvalue weighted by atomic mass is 19.1. The summed E-state index contributed by atoms with van der Waals surface area (Å²) in [6, 6.07) is 4.40. The fourth-order valence-electron chi connectivity index (χ4n) is 3.77. The number of fused-ring (bicyclic) bond motifs is 1. The van der Waals surface area contributed by atoms with Crippen molar-refractivity contribution in [3.05, 3.63) is 51.6 Å². The van der Waals surface area contributed by atoms with Crippen LogP contribution in [0.4, 0.5) is 20.3 Å². The van der Waals surface area contributed by atoms with Crippen molar-refractivity contribution in [3.63, 3.8) is 0 Å². The Morgan fingerprint density at radius 2 is 2.07 bits per heavy atom. The zero-order valence-electron chi connectivity index (χ0n) is 15.4. The van der Waals surface area contributed by atoms with Crippen LogP contribution in [0.5, 0.6) is 0 Å². The van der Waals surface area contributed by atoms with Crippen LogP contribution in [-0.2, 0) is 22.4 Å². The smallest absolute Gasteiger partial charge is 0.289 e. The van der Waals surface area contributed by atoms with Gasteiger partial charge in [0, 0.05) is 24.7 Å². The lowest BCUT2D eigenvalue weighted by Gasteiger charge is -2.28. The Kier molecular flexibility index (Phi) is 4.84. The molecule has 9 heteroatoms. The molecule has 2 aliphatic heterocycles. The van der Waals surface area contributed by atoms with Crippen molar-refractivity contribution in [2.24, 2.45) is 0 Å². The van der Waals surface area contributed by atoms with Crippen molar-refractivity contribution in [1.29, 1.82) is 0 Å². The first-order valence-electron chi connectivity index (χ1n) is 9.16. The third-order valence-corrected chi connectivity index (χ3v) is 5.09. The van der Waals surface area contributed by atoms with Crippen molar-refractivity contribution in [2.45, 2.75) is 25.8 Å². The molecule has 0 bridgehead atoms. The number of ether oxygens (including phenoxy) is 1. The quantitative estimate of drug-likeness (QED) is 0.857. The first-order chi connectivity index (χ1) is 13.5. The van der Waals surface area contributed by atoms with Crippen molar-refractivity contribution < 1.29 is 18.3 Å². The summed E-state index contributed by atoms with van der Waals surface area (Å²) in [4.78, 5) is 34.6. The Morgan fingerprint density at radius 3 is 2.82 bits per heavy atom. The fourth-order valence-corrected chi connectivity index (χ4v) is 3.77. The van der Waals surface area contributed by atoms with Crippen LogP contribution in [0.3, 0.4) is 0 Å². The maximum absolute atomic E-state index is 14.3. The number of H-pyrrole nitrogens is 1. The molecular weight excluding hydrogens is 370 g/mol. The summed E-state index contributed by atoms with van der Waals surface area (Å²) >= 11 is 0. The van der Waals surface area contributed by atoms with E-state index in [0.717, 1.165) is 0 Å². The summed E-state index contributed by atoms with van der Waals surface area (Å²) in [5, 5.41) is 0. The molecule has 0 unspecified atom stereocenters. The number of hydrogen-bond acceptors (Lipinski definition) is 5. The number of nitrogens with one attached hydrogen (secondary N) is 1. The lowest BCUT2D eigenvalue weighted by atomic mass is 10.1. The number of amides is 1. The van der Waals surface area contributed by atoms with Crippen LogP contribution in [0.1, 0.15) is 18.3 Å². The number of nitrogens with zero attached hydrogens (tertiary/aromatic N) is 3. The minimum absolute atomic E-state index is 0.0734. The van der Waals surface area contributed by atoms with Gasteiger partial charge in [0.1, 0.15) is 11.6 Å². The average Bonchev–Trinajstić information content (AvgIpc) is 3.02. The van der Waals surface area contributed by atoms with E-state index in [9.17, 15) is 18.4 Å². The van der Waals surface area contributed by atoms with Gasteiger partial charge in [0.25, 0.3) is 5.56 Å². The van der Waals surface area contributed by atoms with Crippen molar-refractivity contribution >= 4 is 17.4 Å². The molecule has 148 valence electrons. The Hall–Kier alpha value is -2.81. The number of carbonyl (C=O) groups is 1. The summed E-state index contributed by atoms with van der Waals surface area (Å²) in [7, 11) is 0. The number of morpholine rings is 1. The lowest BCUT2D eigenvalue weighted by molar-refractivity contribution is -0.118. The molecule has 0 aliphatic carbocycles. The zero-order valence-corrected chi connectivity index (χ0v) is 15.4. The molecule has 0 spiro atoms. The molecule has 2 aromatic rings. The molecule has 1 saturated heterocycles. The normalized spacial score (nSPS) is 19.0.